The van der Waals surface area contributed by atoms with Crippen LogP contribution in [0, 0.1) is 10.1 Å². The zero-order valence-corrected chi connectivity index (χ0v) is 18.5. The highest BCUT2D eigenvalue weighted by Crippen LogP contribution is 2.30. The van der Waals surface area contributed by atoms with Crippen molar-refractivity contribution in [2.75, 3.05) is 18.6 Å². The van der Waals surface area contributed by atoms with Crippen LogP contribution in [0.4, 0.5) is 17.1 Å². The Hall–Kier alpha value is -5.33. The molecule has 3 rings (SSSR count). The van der Waals surface area contributed by atoms with Crippen LogP contribution in [0.25, 0.3) is 0 Å². The summed E-state index contributed by atoms with van der Waals surface area (Å²) in [4.78, 5) is 32.2. The number of rotatable bonds is 11. The highest BCUT2D eigenvalue weighted by atomic mass is 16.6. The second-order valence-corrected chi connectivity index (χ2v) is 6.88. The third-order valence-electron chi connectivity index (χ3n) is 4.31. The van der Waals surface area contributed by atoms with Crippen LogP contribution in [0.5, 0.6) is 11.5 Å². The number of hydrogen-bond donors (Lipinski definition) is 3. The average molecular weight is 493 g/mol. The van der Waals surface area contributed by atoms with Gasteiger partial charge in [0.15, 0.2) is 19.0 Å². The first kappa shape index (κ1) is 25.3. The summed E-state index contributed by atoms with van der Waals surface area (Å²) in [6.07, 6.45) is 0. The normalized spacial score (nSPS) is 11.2. The van der Waals surface area contributed by atoms with Crippen molar-refractivity contribution in [1.82, 2.24) is 0 Å². The standard InChI is InChI=1S/C23H19N5O8/c29-21(30)13-35-19-9-5-4-8-17(19)24-26-23(15-6-2-1-3-7-15)27-25-18-11-10-16(28(33)34)12-20(18)36-14-22(31)32/h1-12,25H,13-14H2,(H,29,30)(H,31,32)/b26-24+,27-23+. The lowest BCUT2D eigenvalue weighted by Crippen LogP contribution is -2.11. The lowest BCUT2D eigenvalue weighted by molar-refractivity contribution is -0.384. The van der Waals surface area contributed by atoms with Crippen LogP contribution in [0.15, 0.2) is 88.1 Å². The number of nitrogens with zero attached hydrogens (tertiary/aromatic N) is 4. The second kappa shape index (κ2) is 12.2. The van der Waals surface area contributed by atoms with Gasteiger partial charge < -0.3 is 19.7 Å². The molecule has 0 atom stereocenters. The molecule has 0 amide bonds. The molecule has 0 heterocycles. The molecule has 0 aromatic heterocycles. The number of carbonyl (C=O) groups is 2. The number of carboxylic acids is 2. The van der Waals surface area contributed by atoms with Crippen molar-refractivity contribution in [3.63, 3.8) is 0 Å². The number of benzene rings is 3. The Morgan fingerprint density at radius 3 is 2.19 bits per heavy atom. The molecule has 3 N–H and O–H groups in total. The van der Waals surface area contributed by atoms with Gasteiger partial charge in [0.25, 0.3) is 5.69 Å². The summed E-state index contributed by atoms with van der Waals surface area (Å²) in [6.45, 7) is -1.29. The van der Waals surface area contributed by atoms with E-state index in [9.17, 15) is 19.7 Å². The first-order valence-corrected chi connectivity index (χ1v) is 10.2. The average Bonchev–Trinajstić information content (AvgIpc) is 2.87. The molecule has 0 aliphatic rings. The minimum absolute atomic E-state index is 0.0891. The van der Waals surface area contributed by atoms with E-state index in [1.54, 1.807) is 48.5 Å². The third kappa shape index (κ3) is 7.34. The van der Waals surface area contributed by atoms with Crippen molar-refractivity contribution >= 4 is 34.8 Å². The summed E-state index contributed by atoms with van der Waals surface area (Å²) >= 11 is 0. The van der Waals surface area contributed by atoms with Crippen LogP contribution in [0.1, 0.15) is 5.56 Å². The van der Waals surface area contributed by atoms with Crippen molar-refractivity contribution < 1.29 is 34.2 Å². The molecule has 0 bridgehead atoms. The number of carboxylic acid groups (broad SMARTS) is 2. The number of ether oxygens (including phenoxy) is 2. The number of nitro benzene ring substituents is 1. The van der Waals surface area contributed by atoms with E-state index in [2.05, 4.69) is 20.8 Å². The van der Waals surface area contributed by atoms with E-state index in [1.807, 2.05) is 0 Å². The molecule has 13 heteroatoms. The molecule has 0 spiro atoms. The van der Waals surface area contributed by atoms with Gasteiger partial charge in [-0.2, -0.15) is 5.10 Å². The van der Waals surface area contributed by atoms with E-state index in [0.29, 0.717) is 5.56 Å². The van der Waals surface area contributed by atoms with Gasteiger partial charge in [-0.1, -0.05) is 42.5 Å². The molecular formula is C23H19N5O8. The van der Waals surface area contributed by atoms with Crippen molar-refractivity contribution in [2.45, 2.75) is 0 Å². The maximum absolute atomic E-state index is 11.1. The van der Waals surface area contributed by atoms with Gasteiger partial charge in [0, 0.05) is 11.6 Å². The summed E-state index contributed by atoms with van der Waals surface area (Å²) in [5.41, 5.74) is 3.33. The van der Waals surface area contributed by atoms with Gasteiger partial charge in [-0.15, -0.1) is 10.2 Å². The predicted octanol–water partition coefficient (Wildman–Crippen LogP) is 4.08. The monoisotopic (exact) mass is 493 g/mol. The second-order valence-electron chi connectivity index (χ2n) is 6.88. The number of aliphatic carboxylic acids is 2. The predicted molar refractivity (Wildman–Crippen MR) is 127 cm³/mol. The van der Waals surface area contributed by atoms with Gasteiger partial charge in [-0.05, 0) is 18.2 Å². The number of amidine groups is 1. The van der Waals surface area contributed by atoms with E-state index >= 15 is 0 Å². The molecule has 3 aromatic carbocycles. The maximum Gasteiger partial charge on any atom is 0.341 e. The van der Waals surface area contributed by atoms with E-state index in [0.717, 1.165) is 6.07 Å². The van der Waals surface area contributed by atoms with Gasteiger partial charge in [0.2, 0.25) is 5.84 Å². The van der Waals surface area contributed by atoms with Crippen LogP contribution in [-0.2, 0) is 9.59 Å². The third-order valence-corrected chi connectivity index (χ3v) is 4.31. The Bertz CT molecular complexity index is 1310. The largest absolute Gasteiger partial charge is 0.480 e. The molecular weight excluding hydrogens is 474 g/mol. The smallest absolute Gasteiger partial charge is 0.341 e. The molecule has 0 saturated carbocycles. The molecule has 13 nitrogen and oxygen atoms in total. The van der Waals surface area contributed by atoms with Crippen LogP contribution in [0.2, 0.25) is 0 Å². The number of azo groups is 1. The van der Waals surface area contributed by atoms with Crippen molar-refractivity contribution in [3.05, 3.63) is 88.5 Å². The fraction of sp³-hybridized carbons (Fsp3) is 0.0870. The topological polar surface area (TPSA) is 185 Å². The molecule has 0 radical (unpaired) electrons. The first-order valence-electron chi connectivity index (χ1n) is 10.2. The molecule has 184 valence electrons. The van der Waals surface area contributed by atoms with Crippen molar-refractivity contribution in [1.29, 1.82) is 0 Å². The number of non-ortho nitro benzene ring substituents is 1. The molecule has 0 aliphatic heterocycles. The van der Waals surface area contributed by atoms with Gasteiger partial charge in [-0.3, -0.25) is 15.5 Å². The summed E-state index contributed by atoms with van der Waals surface area (Å²) in [6, 6.07) is 18.7. The van der Waals surface area contributed by atoms with Crippen LogP contribution in [0.3, 0.4) is 0 Å². The molecule has 3 aromatic rings. The SMILES string of the molecule is O=C(O)COc1ccccc1/N=N/C(=N/Nc1ccc([N+](=O)[O-])cc1OCC(=O)O)c1ccccc1. The van der Waals surface area contributed by atoms with Crippen LogP contribution >= 0.6 is 0 Å². The summed E-state index contributed by atoms with van der Waals surface area (Å²) in [7, 11) is 0. The highest BCUT2D eigenvalue weighted by Gasteiger charge is 2.14. The van der Waals surface area contributed by atoms with Gasteiger partial charge in [-0.25, -0.2) is 9.59 Å². The zero-order valence-electron chi connectivity index (χ0n) is 18.5. The lowest BCUT2D eigenvalue weighted by atomic mass is 10.2. The molecule has 0 aliphatic carbocycles. The van der Waals surface area contributed by atoms with E-state index in [-0.39, 0.29) is 34.4 Å². The molecule has 0 unspecified atom stereocenters. The number of para-hydroxylation sites is 1. The zero-order chi connectivity index (χ0) is 25.9. The van der Waals surface area contributed by atoms with Crippen molar-refractivity contribution in [3.8, 4) is 11.5 Å². The minimum Gasteiger partial charge on any atom is -0.480 e. The first-order chi connectivity index (χ1) is 17.3. The highest BCUT2D eigenvalue weighted by molar-refractivity contribution is 5.99. The summed E-state index contributed by atoms with van der Waals surface area (Å²) in [5.74, 6) is -2.23. The lowest BCUT2D eigenvalue weighted by Gasteiger charge is -2.10. The minimum atomic E-state index is -1.27. The number of nitrogens with one attached hydrogen (secondary N) is 1. The number of anilines is 1. The number of hydrogen-bond acceptors (Lipinski definition) is 9. The Labute approximate surface area is 203 Å². The Morgan fingerprint density at radius 1 is 0.889 bits per heavy atom. The number of nitro groups is 1. The molecule has 0 saturated heterocycles. The van der Waals surface area contributed by atoms with E-state index in [1.165, 1.54) is 18.2 Å². The summed E-state index contributed by atoms with van der Waals surface area (Å²) in [5, 5.41) is 41.4. The quantitative estimate of drug-likeness (QED) is 0.116. The van der Waals surface area contributed by atoms with Gasteiger partial charge >= 0.3 is 11.9 Å². The fourth-order valence-electron chi connectivity index (χ4n) is 2.72. The van der Waals surface area contributed by atoms with E-state index in [4.69, 9.17) is 19.7 Å². The molecule has 0 fully saturated rings. The Balaban J connectivity index is 1.94. The maximum atomic E-state index is 11.1. The molecule has 36 heavy (non-hydrogen) atoms. The van der Waals surface area contributed by atoms with E-state index < -0.39 is 30.1 Å². The van der Waals surface area contributed by atoms with Crippen LogP contribution in [-0.4, -0.2) is 46.1 Å². The Kier molecular flexibility index (Phi) is 8.59. The van der Waals surface area contributed by atoms with Crippen molar-refractivity contribution in [2.24, 2.45) is 15.3 Å². The van der Waals surface area contributed by atoms with Gasteiger partial charge in [0.05, 0.1) is 16.7 Å². The van der Waals surface area contributed by atoms with Crippen LogP contribution < -0.4 is 14.9 Å². The Morgan fingerprint density at radius 2 is 1.53 bits per heavy atom. The number of hydrazone groups is 1. The summed E-state index contributed by atoms with van der Waals surface area (Å²) < 4.78 is 10.4. The van der Waals surface area contributed by atoms with Gasteiger partial charge in [0.1, 0.15) is 11.4 Å². The fourth-order valence-corrected chi connectivity index (χ4v) is 2.72.